The number of nitrogens with zero attached hydrogens (tertiary/aromatic N) is 3. The lowest BCUT2D eigenvalue weighted by Crippen LogP contribution is -2.40. The average Bonchev–Trinajstić information content (AvgIpc) is 3.42. The fourth-order valence-electron chi connectivity index (χ4n) is 3.50. The number of ether oxygens (including phenoxy) is 1. The zero-order chi connectivity index (χ0) is 21.8. The maximum absolute atomic E-state index is 12.8. The van der Waals surface area contributed by atoms with Crippen molar-refractivity contribution in [3.8, 4) is 0 Å². The summed E-state index contributed by atoms with van der Waals surface area (Å²) >= 11 is 2.46. The summed E-state index contributed by atoms with van der Waals surface area (Å²) < 4.78 is 32.3. The van der Waals surface area contributed by atoms with Crippen LogP contribution in [0.4, 0.5) is 9.80 Å². The highest BCUT2D eigenvalue weighted by Gasteiger charge is 2.28. The van der Waals surface area contributed by atoms with Crippen LogP contribution in [-0.2, 0) is 14.8 Å². The molecule has 0 aliphatic carbocycles. The van der Waals surface area contributed by atoms with Crippen molar-refractivity contribution in [1.29, 1.82) is 0 Å². The Balaban J connectivity index is 1.35. The maximum Gasteiger partial charge on any atom is 0.322 e. The zero-order valence-corrected chi connectivity index (χ0v) is 19.3. The number of amides is 3. The summed E-state index contributed by atoms with van der Waals surface area (Å²) in [5.74, 6) is -0.00604. The summed E-state index contributed by atoms with van der Waals surface area (Å²) in [6.45, 7) is 3.45. The van der Waals surface area contributed by atoms with Crippen LogP contribution in [0.1, 0.15) is 16.1 Å². The van der Waals surface area contributed by atoms with Crippen LogP contribution in [0.5, 0.6) is 0 Å². The van der Waals surface area contributed by atoms with Crippen LogP contribution in [-0.4, -0.2) is 86.9 Å². The second-order valence-electron chi connectivity index (χ2n) is 7.18. The Kier molecular flexibility index (Phi) is 6.92. The summed E-state index contributed by atoms with van der Waals surface area (Å²) in [5.41, 5.74) is 0. The monoisotopic (exact) mass is 484 g/mol. The first-order chi connectivity index (χ1) is 14.9. The molecule has 2 aromatic rings. The second kappa shape index (κ2) is 9.65. The van der Waals surface area contributed by atoms with E-state index in [9.17, 15) is 18.0 Å². The summed E-state index contributed by atoms with van der Waals surface area (Å²) in [6, 6.07) is 6.50. The summed E-state index contributed by atoms with van der Waals surface area (Å²) in [6.07, 6.45) is 0.686. The van der Waals surface area contributed by atoms with Crippen LogP contribution in [0.15, 0.2) is 33.9 Å². The predicted octanol–water partition coefficient (Wildman–Crippen LogP) is 2.21. The van der Waals surface area contributed by atoms with Gasteiger partial charge in [-0.2, -0.15) is 4.31 Å². The number of urea groups is 1. The molecule has 2 aromatic heterocycles. The van der Waals surface area contributed by atoms with Gasteiger partial charge in [0.05, 0.1) is 23.1 Å². The third-order valence-electron chi connectivity index (χ3n) is 5.18. The molecule has 0 bridgehead atoms. The lowest BCUT2D eigenvalue weighted by Gasteiger charge is -2.25. The van der Waals surface area contributed by atoms with Gasteiger partial charge in [0.15, 0.2) is 0 Å². The molecule has 9 nitrogen and oxygen atoms in total. The number of carbonyl (C=O) groups is 2. The van der Waals surface area contributed by atoms with Crippen molar-refractivity contribution in [3.05, 3.63) is 34.5 Å². The molecule has 4 rings (SSSR count). The quantitative estimate of drug-likeness (QED) is 0.717. The van der Waals surface area contributed by atoms with Gasteiger partial charge < -0.3 is 14.5 Å². The molecule has 4 heterocycles. The standard InChI is InChI=1S/C19H24N4O5S3/c24-18(15-3-1-14-29-15)21-6-2-7-22(9-8-21)19(25)20-16-4-5-17(30-16)31(26,27)23-10-12-28-13-11-23/h1,3-5,14H,2,6-13H2,(H,20,25). The SMILES string of the molecule is O=C(Nc1ccc(S(=O)(=O)N2CCOCC2)s1)N1CCCN(C(=O)c2cccs2)CC1. The first kappa shape index (κ1) is 22.2. The number of thiophene rings is 2. The lowest BCUT2D eigenvalue weighted by atomic mass is 10.3. The van der Waals surface area contributed by atoms with E-state index in [1.165, 1.54) is 21.7 Å². The molecule has 3 amide bonds. The maximum atomic E-state index is 12.8. The minimum Gasteiger partial charge on any atom is -0.379 e. The number of morpholine rings is 1. The fourth-order valence-corrected chi connectivity index (χ4v) is 6.95. The molecule has 2 aliphatic heterocycles. The molecule has 0 saturated carbocycles. The van der Waals surface area contributed by atoms with Crippen molar-refractivity contribution in [3.63, 3.8) is 0 Å². The van der Waals surface area contributed by atoms with Crippen LogP contribution >= 0.6 is 22.7 Å². The summed E-state index contributed by atoms with van der Waals surface area (Å²) in [4.78, 5) is 29.4. The van der Waals surface area contributed by atoms with Crippen molar-refractivity contribution in [2.45, 2.75) is 10.6 Å². The van der Waals surface area contributed by atoms with E-state index in [0.29, 0.717) is 68.8 Å². The molecular formula is C19H24N4O5S3. The third-order valence-corrected chi connectivity index (χ3v) is 9.40. The van der Waals surface area contributed by atoms with Crippen LogP contribution in [0.25, 0.3) is 0 Å². The second-order valence-corrected chi connectivity index (χ2v) is 11.4. The molecular weight excluding hydrogens is 460 g/mol. The number of sulfonamides is 1. The van der Waals surface area contributed by atoms with Crippen molar-refractivity contribution < 1.29 is 22.7 Å². The predicted molar refractivity (Wildman–Crippen MR) is 119 cm³/mol. The van der Waals surface area contributed by atoms with Crippen molar-refractivity contribution >= 4 is 49.6 Å². The number of rotatable bonds is 4. The minimum absolute atomic E-state index is 0.00604. The Bertz CT molecular complexity index is 1020. The largest absolute Gasteiger partial charge is 0.379 e. The van der Waals surface area contributed by atoms with Crippen molar-refractivity contribution in [1.82, 2.24) is 14.1 Å². The number of hydrogen-bond donors (Lipinski definition) is 1. The van der Waals surface area contributed by atoms with E-state index >= 15 is 0 Å². The van der Waals surface area contributed by atoms with Crippen LogP contribution in [0.3, 0.4) is 0 Å². The molecule has 2 aliphatic rings. The van der Waals surface area contributed by atoms with Gasteiger partial charge >= 0.3 is 6.03 Å². The first-order valence-electron chi connectivity index (χ1n) is 10.0. The minimum atomic E-state index is -3.58. The van der Waals surface area contributed by atoms with Gasteiger partial charge in [-0.1, -0.05) is 6.07 Å². The lowest BCUT2D eigenvalue weighted by molar-refractivity contribution is 0.0731. The van der Waals surface area contributed by atoms with Crippen LogP contribution in [0, 0.1) is 0 Å². The Morgan fingerprint density at radius 1 is 0.968 bits per heavy atom. The Morgan fingerprint density at radius 2 is 1.71 bits per heavy atom. The van der Waals surface area contributed by atoms with E-state index in [2.05, 4.69) is 5.32 Å². The third kappa shape index (κ3) is 5.09. The first-order valence-corrected chi connectivity index (χ1v) is 13.2. The molecule has 0 atom stereocenters. The molecule has 0 unspecified atom stereocenters. The van der Waals surface area contributed by atoms with Gasteiger partial charge in [-0.25, -0.2) is 13.2 Å². The molecule has 31 heavy (non-hydrogen) atoms. The molecule has 0 aromatic carbocycles. The normalized spacial score (nSPS) is 18.6. The van der Waals surface area contributed by atoms with Crippen LogP contribution < -0.4 is 5.32 Å². The number of hydrogen-bond acceptors (Lipinski definition) is 7. The van der Waals surface area contributed by atoms with E-state index in [1.807, 2.05) is 17.5 Å². The summed E-state index contributed by atoms with van der Waals surface area (Å²) in [5, 5.41) is 5.16. The van der Waals surface area contributed by atoms with Gasteiger partial charge in [0, 0.05) is 39.3 Å². The molecule has 1 N–H and O–H groups in total. The van der Waals surface area contributed by atoms with Gasteiger partial charge in [0.1, 0.15) is 4.21 Å². The van der Waals surface area contributed by atoms with E-state index in [4.69, 9.17) is 4.74 Å². The Labute approximate surface area is 189 Å². The molecule has 2 fully saturated rings. The molecule has 168 valence electrons. The molecule has 12 heteroatoms. The summed E-state index contributed by atoms with van der Waals surface area (Å²) in [7, 11) is -3.58. The van der Waals surface area contributed by atoms with Gasteiger partial charge in [0.25, 0.3) is 15.9 Å². The van der Waals surface area contributed by atoms with Gasteiger partial charge in [-0.15, -0.1) is 22.7 Å². The van der Waals surface area contributed by atoms with Gasteiger partial charge in [-0.3, -0.25) is 10.1 Å². The Hall–Kier alpha value is -1.99. The smallest absolute Gasteiger partial charge is 0.322 e. The van der Waals surface area contributed by atoms with Crippen molar-refractivity contribution in [2.24, 2.45) is 0 Å². The highest BCUT2D eigenvalue weighted by Crippen LogP contribution is 2.29. The van der Waals surface area contributed by atoms with Gasteiger partial charge in [-0.05, 0) is 30.0 Å². The van der Waals surface area contributed by atoms with E-state index < -0.39 is 10.0 Å². The van der Waals surface area contributed by atoms with E-state index in [0.717, 1.165) is 11.3 Å². The van der Waals surface area contributed by atoms with E-state index in [-0.39, 0.29) is 16.1 Å². The number of anilines is 1. The molecule has 0 spiro atoms. The average molecular weight is 485 g/mol. The van der Waals surface area contributed by atoms with E-state index in [1.54, 1.807) is 15.9 Å². The van der Waals surface area contributed by atoms with Crippen molar-refractivity contribution in [2.75, 3.05) is 57.8 Å². The zero-order valence-electron chi connectivity index (χ0n) is 16.9. The Morgan fingerprint density at radius 3 is 2.45 bits per heavy atom. The highest BCUT2D eigenvalue weighted by molar-refractivity contribution is 7.91. The molecule has 2 saturated heterocycles. The number of nitrogens with one attached hydrogen (secondary N) is 1. The fraction of sp³-hybridized carbons (Fsp3) is 0.474. The van der Waals surface area contributed by atoms with Crippen LogP contribution in [0.2, 0.25) is 0 Å². The highest BCUT2D eigenvalue weighted by atomic mass is 32.2. The topological polar surface area (TPSA) is 99.3 Å². The molecule has 0 radical (unpaired) electrons. The van der Waals surface area contributed by atoms with Gasteiger partial charge in [0.2, 0.25) is 0 Å². The number of carbonyl (C=O) groups excluding carboxylic acids is 2.